The van der Waals surface area contributed by atoms with Crippen LogP contribution in [0.15, 0.2) is 4.52 Å². The minimum absolute atomic E-state index is 0.329. The van der Waals surface area contributed by atoms with E-state index < -0.39 is 0 Å². The van der Waals surface area contributed by atoms with Crippen LogP contribution in [0.2, 0.25) is 0 Å². The summed E-state index contributed by atoms with van der Waals surface area (Å²) in [5.41, 5.74) is 5.36. The van der Waals surface area contributed by atoms with E-state index >= 15 is 0 Å². The van der Waals surface area contributed by atoms with Crippen LogP contribution in [0.5, 0.6) is 0 Å². The molecule has 1 saturated heterocycles. The van der Waals surface area contributed by atoms with Gasteiger partial charge in [0.25, 0.3) is 0 Å². The zero-order valence-electron chi connectivity index (χ0n) is 7.49. The Morgan fingerprint density at radius 2 is 2.54 bits per heavy atom. The number of nitrogens with one attached hydrogen (secondary N) is 1. The fourth-order valence-corrected chi connectivity index (χ4v) is 1.60. The van der Waals surface area contributed by atoms with Crippen molar-refractivity contribution in [2.45, 2.75) is 19.4 Å². The van der Waals surface area contributed by atoms with E-state index in [9.17, 15) is 0 Å². The third-order valence-corrected chi connectivity index (χ3v) is 2.32. The van der Waals surface area contributed by atoms with Crippen LogP contribution in [0.25, 0.3) is 0 Å². The third kappa shape index (κ3) is 2.05. The van der Waals surface area contributed by atoms with Crippen LogP contribution in [-0.2, 0) is 13.0 Å². The average molecular weight is 182 g/mol. The lowest BCUT2D eigenvalue weighted by Crippen LogP contribution is -2.11. The summed E-state index contributed by atoms with van der Waals surface area (Å²) >= 11 is 0. The number of hydrogen-bond acceptors (Lipinski definition) is 5. The van der Waals surface area contributed by atoms with Crippen molar-refractivity contribution in [2.75, 3.05) is 13.1 Å². The molecule has 2 heterocycles. The monoisotopic (exact) mass is 182 g/mol. The van der Waals surface area contributed by atoms with Crippen LogP contribution < -0.4 is 11.1 Å². The first-order valence-corrected chi connectivity index (χ1v) is 4.60. The van der Waals surface area contributed by atoms with Crippen molar-refractivity contribution in [2.24, 2.45) is 11.7 Å². The molecular weight excluding hydrogens is 168 g/mol. The Kier molecular flexibility index (Phi) is 2.56. The predicted molar refractivity (Wildman–Crippen MR) is 46.9 cm³/mol. The summed E-state index contributed by atoms with van der Waals surface area (Å²) in [4.78, 5) is 4.16. The van der Waals surface area contributed by atoms with Crippen LogP contribution in [0.4, 0.5) is 0 Å². The molecule has 1 aromatic heterocycles. The quantitative estimate of drug-likeness (QED) is 0.670. The summed E-state index contributed by atoms with van der Waals surface area (Å²) in [6.45, 7) is 2.49. The van der Waals surface area contributed by atoms with Crippen molar-refractivity contribution in [3.05, 3.63) is 11.7 Å². The van der Waals surface area contributed by atoms with Crippen molar-refractivity contribution < 1.29 is 4.52 Å². The Morgan fingerprint density at radius 1 is 1.62 bits per heavy atom. The van der Waals surface area contributed by atoms with Crippen LogP contribution in [0.3, 0.4) is 0 Å². The van der Waals surface area contributed by atoms with Gasteiger partial charge in [-0.1, -0.05) is 5.16 Å². The van der Waals surface area contributed by atoms with Gasteiger partial charge in [0.05, 0.1) is 6.54 Å². The second kappa shape index (κ2) is 3.85. The van der Waals surface area contributed by atoms with Crippen molar-refractivity contribution in [3.63, 3.8) is 0 Å². The van der Waals surface area contributed by atoms with Gasteiger partial charge in [0.2, 0.25) is 5.89 Å². The maximum atomic E-state index is 5.36. The molecule has 0 radical (unpaired) electrons. The van der Waals surface area contributed by atoms with Gasteiger partial charge in [-0.25, -0.2) is 0 Å². The first-order valence-electron chi connectivity index (χ1n) is 4.60. The lowest BCUT2D eigenvalue weighted by Gasteiger charge is -2.01. The Balaban J connectivity index is 1.92. The topological polar surface area (TPSA) is 77.0 Å². The molecule has 1 aliphatic rings. The maximum absolute atomic E-state index is 5.36. The van der Waals surface area contributed by atoms with Crippen LogP contribution in [0, 0.1) is 5.92 Å². The van der Waals surface area contributed by atoms with Gasteiger partial charge in [0.15, 0.2) is 5.82 Å². The summed E-state index contributed by atoms with van der Waals surface area (Å²) in [6, 6.07) is 0. The van der Waals surface area contributed by atoms with Crippen molar-refractivity contribution in [1.29, 1.82) is 0 Å². The van der Waals surface area contributed by atoms with E-state index in [0.29, 0.717) is 18.4 Å². The molecule has 1 aliphatic heterocycles. The van der Waals surface area contributed by atoms with Gasteiger partial charge < -0.3 is 15.6 Å². The molecule has 13 heavy (non-hydrogen) atoms. The Morgan fingerprint density at radius 3 is 3.15 bits per heavy atom. The van der Waals surface area contributed by atoms with E-state index in [0.717, 1.165) is 25.3 Å². The second-order valence-electron chi connectivity index (χ2n) is 3.37. The lowest BCUT2D eigenvalue weighted by atomic mass is 10.1. The molecule has 0 aromatic carbocycles. The summed E-state index contributed by atoms with van der Waals surface area (Å²) < 4.78 is 4.92. The highest BCUT2D eigenvalue weighted by atomic mass is 16.5. The summed E-state index contributed by atoms with van der Waals surface area (Å²) in [5.74, 6) is 1.97. The molecule has 1 fully saturated rings. The number of aromatic nitrogens is 2. The minimum atomic E-state index is 0.329. The van der Waals surface area contributed by atoms with E-state index in [1.807, 2.05) is 0 Å². The van der Waals surface area contributed by atoms with Crippen LogP contribution in [-0.4, -0.2) is 23.2 Å². The standard InChI is InChI=1S/C8H14N4O/c9-4-8-11-7(12-13-8)3-6-1-2-10-5-6/h6,10H,1-5,9H2. The third-order valence-electron chi connectivity index (χ3n) is 2.32. The molecular formula is C8H14N4O. The first-order chi connectivity index (χ1) is 6.38. The predicted octanol–water partition coefficient (Wildman–Crippen LogP) is -0.320. The largest absolute Gasteiger partial charge is 0.338 e. The molecule has 72 valence electrons. The van der Waals surface area contributed by atoms with Gasteiger partial charge in [-0.3, -0.25) is 0 Å². The van der Waals surface area contributed by atoms with E-state index in [-0.39, 0.29) is 0 Å². The van der Waals surface area contributed by atoms with E-state index in [2.05, 4.69) is 15.5 Å². The maximum Gasteiger partial charge on any atom is 0.240 e. The molecule has 0 saturated carbocycles. The smallest absolute Gasteiger partial charge is 0.240 e. The van der Waals surface area contributed by atoms with Gasteiger partial charge in [-0.05, 0) is 25.4 Å². The average Bonchev–Trinajstić information content (AvgIpc) is 2.76. The molecule has 1 unspecified atom stereocenters. The molecule has 3 N–H and O–H groups in total. The number of hydrogen-bond donors (Lipinski definition) is 2. The van der Waals surface area contributed by atoms with E-state index in [4.69, 9.17) is 10.3 Å². The minimum Gasteiger partial charge on any atom is -0.338 e. The SMILES string of the molecule is NCc1nc(CC2CCNC2)no1. The fourth-order valence-electron chi connectivity index (χ4n) is 1.60. The van der Waals surface area contributed by atoms with E-state index in [1.54, 1.807) is 0 Å². The molecule has 5 nitrogen and oxygen atoms in total. The summed E-state index contributed by atoms with van der Waals surface area (Å²) in [7, 11) is 0. The second-order valence-corrected chi connectivity index (χ2v) is 3.37. The molecule has 2 rings (SSSR count). The molecule has 0 aliphatic carbocycles. The number of nitrogens with two attached hydrogens (primary N) is 1. The normalized spacial score (nSPS) is 22.4. The Hall–Kier alpha value is -0.940. The zero-order valence-corrected chi connectivity index (χ0v) is 7.49. The lowest BCUT2D eigenvalue weighted by molar-refractivity contribution is 0.371. The first kappa shape index (κ1) is 8.65. The summed E-state index contributed by atoms with van der Waals surface area (Å²) in [6.07, 6.45) is 2.10. The van der Waals surface area contributed by atoms with Crippen LogP contribution in [0.1, 0.15) is 18.1 Å². The fraction of sp³-hybridized carbons (Fsp3) is 0.750. The Bertz CT molecular complexity index is 267. The Labute approximate surface area is 76.7 Å². The van der Waals surface area contributed by atoms with Crippen LogP contribution >= 0.6 is 0 Å². The van der Waals surface area contributed by atoms with Gasteiger partial charge in [-0.2, -0.15) is 4.98 Å². The van der Waals surface area contributed by atoms with Gasteiger partial charge in [0.1, 0.15) is 0 Å². The highest BCUT2D eigenvalue weighted by Crippen LogP contribution is 2.12. The summed E-state index contributed by atoms with van der Waals surface area (Å²) in [5, 5.41) is 7.16. The molecule has 0 bridgehead atoms. The van der Waals surface area contributed by atoms with Gasteiger partial charge in [0, 0.05) is 6.42 Å². The highest BCUT2D eigenvalue weighted by Gasteiger charge is 2.17. The van der Waals surface area contributed by atoms with Crippen molar-refractivity contribution >= 4 is 0 Å². The molecule has 5 heteroatoms. The van der Waals surface area contributed by atoms with Crippen molar-refractivity contribution in [1.82, 2.24) is 15.5 Å². The molecule has 1 aromatic rings. The molecule has 0 spiro atoms. The zero-order chi connectivity index (χ0) is 9.10. The molecule has 0 amide bonds. The number of nitrogens with zero attached hydrogens (tertiary/aromatic N) is 2. The van der Waals surface area contributed by atoms with Gasteiger partial charge >= 0.3 is 0 Å². The van der Waals surface area contributed by atoms with Crippen molar-refractivity contribution in [3.8, 4) is 0 Å². The molecule has 1 atom stereocenters. The van der Waals surface area contributed by atoms with Gasteiger partial charge in [-0.15, -0.1) is 0 Å². The van der Waals surface area contributed by atoms with E-state index in [1.165, 1.54) is 6.42 Å². The highest BCUT2D eigenvalue weighted by molar-refractivity contribution is 4.89. The number of rotatable bonds is 3.